The third kappa shape index (κ3) is 3.90. The zero-order valence-electron chi connectivity index (χ0n) is 10.0. The zero-order valence-corrected chi connectivity index (χ0v) is 10.0. The summed E-state index contributed by atoms with van der Waals surface area (Å²) >= 11 is 0. The van der Waals surface area contributed by atoms with Crippen molar-refractivity contribution in [2.45, 2.75) is 12.7 Å². The molecule has 0 atom stereocenters. The van der Waals surface area contributed by atoms with Gasteiger partial charge >= 0.3 is 12.3 Å². The minimum atomic E-state index is -4.47. The van der Waals surface area contributed by atoms with Crippen molar-refractivity contribution in [3.05, 3.63) is 29.8 Å². The van der Waals surface area contributed by atoms with Crippen LogP contribution < -0.4 is 0 Å². The second-order valence-electron chi connectivity index (χ2n) is 4.04. The van der Waals surface area contributed by atoms with Crippen molar-refractivity contribution in [3.63, 3.8) is 0 Å². The van der Waals surface area contributed by atoms with Crippen LogP contribution in [0.25, 0.3) is 0 Å². The highest BCUT2D eigenvalue weighted by Crippen LogP contribution is 2.19. The molecule has 0 saturated heterocycles. The molecule has 0 spiro atoms. The number of ether oxygens (including phenoxy) is 1. The van der Waals surface area contributed by atoms with Gasteiger partial charge in [-0.25, -0.2) is 9.78 Å². The van der Waals surface area contributed by atoms with Crippen LogP contribution in [0.5, 0.6) is 0 Å². The maximum Gasteiger partial charge on any atom is 0.435 e. The SMILES string of the molecule is O=C1N=C(N(Cc2ccc(F)nc2)CC(F)(F)F)CO1. The lowest BCUT2D eigenvalue weighted by atomic mass is 10.2. The third-order valence-electron chi connectivity index (χ3n) is 2.44. The Morgan fingerprint density at radius 2 is 2.10 bits per heavy atom. The number of amidine groups is 1. The number of carbonyl (C=O) groups excluding carboxylic acids is 1. The molecular formula is C11H9F4N3O2. The van der Waals surface area contributed by atoms with E-state index in [2.05, 4.69) is 14.7 Å². The fourth-order valence-corrected chi connectivity index (χ4v) is 1.63. The molecule has 108 valence electrons. The Morgan fingerprint density at radius 3 is 2.60 bits per heavy atom. The van der Waals surface area contributed by atoms with Gasteiger partial charge in [-0.1, -0.05) is 6.07 Å². The summed E-state index contributed by atoms with van der Waals surface area (Å²) in [5.74, 6) is -0.843. The van der Waals surface area contributed by atoms with Gasteiger partial charge in [0.05, 0.1) is 0 Å². The lowest BCUT2D eigenvalue weighted by molar-refractivity contribution is -0.138. The molecule has 2 rings (SSSR count). The summed E-state index contributed by atoms with van der Waals surface area (Å²) in [5.41, 5.74) is 0.359. The molecule has 2 heterocycles. The van der Waals surface area contributed by atoms with E-state index in [0.717, 1.165) is 17.2 Å². The minimum absolute atomic E-state index is 0.114. The van der Waals surface area contributed by atoms with Crippen molar-refractivity contribution >= 4 is 11.9 Å². The number of hydrogen-bond donors (Lipinski definition) is 0. The van der Waals surface area contributed by atoms with E-state index in [1.165, 1.54) is 6.07 Å². The molecule has 1 aromatic rings. The van der Waals surface area contributed by atoms with Gasteiger partial charge in [0.15, 0.2) is 12.4 Å². The normalized spacial score (nSPS) is 15.0. The molecule has 20 heavy (non-hydrogen) atoms. The van der Waals surface area contributed by atoms with Crippen LogP contribution in [-0.4, -0.2) is 41.1 Å². The predicted molar refractivity (Wildman–Crippen MR) is 59.4 cm³/mol. The van der Waals surface area contributed by atoms with E-state index < -0.39 is 24.8 Å². The van der Waals surface area contributed by atoms with Crippen LogP contribution in [0.4, 0.5) is 22.4 Å². The van der Waals surface area contributed by atoms with Crippen molar-refractivity contribution in [2.24, 2.45) is 4.99 Å². The van der Waals surface area contributed by atoms with Crippen molar-refractivity contribution < 1.29 is 27.1 Å². The van der Waals surface area contributed by atoms with Crippen LogP contribution >= 0.6 is 0 Å². The Balaban J connectivity index is 2.16. The topological polar surface area (TPSA) is 54.8 Å². The van der Waals surface area contributed by atoms with E-state index in [0.29, 0.717) is 5.56 Å². The van der Waals surface area contributed by atoms with E-state index >= 15 is 0 Å². The second-order valence-corrected chi connectivity index (χ2v) is 4.04. The number of rotatable bonds is 3. The summed E-state index contributed by atoms with van der Waals surface area (Å²) in [6.07, 6.45) is -4.28. The number of carbonyl (C=O) groups is 1. The van der Waals surface area contributed by atoms with Gasteiger partial charge in [-0.05, 0) is 11.6 Å². The lowest BCUT2D eigenvalue weighted by Crippen LogP contribution is -2.39. The summed E-state index contributed by atoms with van der Waals surface area (Å²) in [7, 11) is 0. The van der Waals surface area contributed by atoms with Crippen molar-refractivity contribution in [1.29, 1.82) is 0 Å². The van der Waals surface area contributed by atoms with E-state index in [1.54, 1.807) is 0 Å². The van der Waals surface area contributed by atoms with Gasteiger partial charge in [0.25, 0.3) is 0 Å². The van der Waals surface area contributed by atoms with Crippen LogP contribution in [0, 0.1) is 5.95 Å². The fraction of sp³-hybridized carbons (Fsp3) is 0.364. The van der Waals surface area contributed by atoms with Gasteiger partial charge in [0.2, 0.25) is 5.95 Å². The molecule has 0 aromatic carbocycles. The quantitative estimate of drug-likeness (QED) is 0.632. The van der Waals surface area contributed by atoms with Crippen molar-refractivity contribution in [1.82, 2.24) is 9.88 Å². The number of pyridine rings is 1. The third-order valence-corrected chi connectivity index (χ3v) is 2.44. The highest BCUT2D eigenvalue weighted by molar-refractivity contribution is 5.97. The largest absolute Gasteiger partial charge is 0.440 e. The number of cyclic esters (lactones) is 1. The summed E-state index contributed by atoms with van der Waals surface area (Å²) in [6.45, 7) is -1.81. The van der Waals surface area contributed by atoms with Crippen LogP contribution in [0.2, 0.25) is 0 Å². The number of halogens is 4. The van der Waals surface area contributed by atoms with Crippen molar-refractivity contribution in [2.75, 3.05) is 13.2 Å². The molecule has 1 aliphatic heterocycles. The maximum absolute atomic E-state index is 12.7. The van der Waals surface area contributed by atoms with Gasteiger partial charge < -0.3 is 9.64 Å². The number of aromatic nitrogens is 1. The monoisotopic (exact) mass is 291 g/mol. The van der Waals surface area contributed by atoms with Gasteiger partial charge in [-0.3, -0.25) is 0 Å². The van der Waals surface area contributed by atoms with Crippen LogP contribution in [0.3, 0.4) is 0 Å². The standard InChI is InChI=1S/C11H9F4N3O2/c12-8-2-1-7(3-16-8)4-18(6-11(13,14)15)9-5-20-10(19)17-9/h1-3H,4-6H2. The average Bonchev–Trinajstić information content (AvgIpc) is 2.76. The minimum Gasteiger partial charge on any atom is -0.440 e. The van der Waals surface area contributed by atoms with Gasteiger partial charge in [-0.15, -0.1) is 0 Å². The Bertz CT molecular complexity index is 527. The summed E-state index contributed by atoms with van der Waals surface area (Å²) in [5, 5.41) is 0. The zero-order chi connectivity index (χ0) is 14.8. The van der Waals surface area contributed by atoms with E-state index in [-0.39, 0.29) is 19.0 Å². The van der Waals surface area contributed by atoms with Crippen molar-refractivity contribution in [3.8, 4) is 0 Å². The number of nitrogens with zero attached hydrogens (tertiary/aromatic N) is 3. The van der Waals surface area contributed by atoms with Crippen LogP contribution in [0.1, 0.15) is 5.56 Å². The van der Waals surface area contributed by atoms with E-state index in [9.17, 15) is 22.4 Å². The highest BCUT2D eigenvalue weighted by Gasteiger charge is 2.34. The average molecular weight is 291 g/mol. The lowest BCUT2D eigenvalue weighted by Gasteiger charge is -2.24. The van der Waals surface area contributed by atoms with E-state index in [1.807, 2.05) is 0 Å². The molecule has 0 saturated carbocycles. The second kappa shape index (κ2) is 5.43. The molecule has 0 radical (unpaired) electrons. The highest BCUT2D eigenvalue weighted by atomic mass is 19.4. The summed E-state index contributed by atoms with van der Waals surface area (Å²) < 4.78 is 54.7. The molecule has 5 nitrogen and oxygen atoms in total. The molecule has 0 N–H and O–H groups in total. The van der Waals surface area contributed by atoms with E-state index in [4.69, 9.17) is 0 Å². The number of aliphatic imine (C=N–C) groups is 1. The van der Waals surface area contributed by atoms with Crippen LogP contribution in [-0.2, 0) is 11.3 Å². The van der Waals surface area contributed by atoms with Gasteiger partial charge in [-0.2, -0.15) is 22.6 Å². The summed E-state index contributed by atoms with van der Waals surface area (Å²) in [4.78, 5) is 18.4. The van der Waals surface area contributed by atoms with Crippen LogP contribution in [0.15, 0.2) is 23.3 Å². The molecule has 1 aliphatic rings. The number of alkyl halides is 3. The first-order valence-electron chi connectivity index (χ1n) is 5.50. The molecule has 1 aromatic heterocycles. The molecule has 0 fully saturated rings. The van der Waals surface area contributed by atoms with Gasteiger partial charge in [0, 0.05) is 12.7 Å². The number of hydrogen-bond acceptors (Lipinski definition) is 4. The Labute approximate surface area is 110 Å². The Morgan fingerprint density at radius 1 is 1.35 bits per heavy atom. The first-order chi connectivity index (χ1) is 9.33. The molecule has 9 heteroatoms. The van der Waals surface area contributed by atoms with Gasteiger partial charge in [0.1, 0.15) is 6.54 Å². The number of amides is 1. The molecule has 0 unspecified atom stereocenters. The predicted octanol–water partition coefficient (Wildman–Crippen LogP) is 2.13. The summed E-state index contributed by atoms with van der Waals surface area (Å²) in [6, 6.07) is 2.35. The Kier molecular flexibility index (Phi) is 3.86. The molecule has 0 aliphatic carbocycles. The molecular weight excluding hydrogens is 282 g/mol. The maximum atomic E-state index is 12.7. The molecule has 1 amide bonds. The fourth-order valence-electron chi connectivity index (χ4n) is 1.63. The Hall–Kier alpha value is -2.19. The first kappa shape index (κ1) is 14.2. The molecule has 0 bridgehead atoms. The first-order valence-corrected chi connectivity index (χ1v) is 5.50. The smallest absolute Gasteiger partial charge is 0.435 e.